The van der Waals surface area contributed by atoms with Crippen molar-refractivity contribution in [3.8, 4) is 11.3 Å². The second-order valence-corrected chi connectivity index (χ2v) is 6.21. The van der Waals surface area contributed by atoms with Crippen LogP contribution in [-0.2, 0) is 7.05 Å². The summed E-state index contributed by atoms with van der Waals surface area (Å²) < 4.78 is 1.55. The number of anilines is 1. The number of fused-ring (bicyclic) bond motifs is 1. The van der Waals surface area contributed by atoms with Crippen molar-refractivity contribution in [2.24, 2.45) is 7.05 Å². The molecule has 1 amide bonds. The molecule has 0 aliphatic rings. The molecule has 2 heterocycles. The van der Waals surface area contributed by atoms with Crippen molar-refractivity contribution >= 4 is 22.5 Å². The first-order valence-corrected chi connectivity index (χ1v) is 8.38. The highest BCUT2D eigenvalue weighted by atomic mass is 16.2. The largest absolute Gasteiger partial charge is 0.320 e. The van der Waals surface area contributed by atoms with Crippen LogP contribution in [0.1, 0.15) is 16.1 Å². The summed E-state index contributed by atoms with van der Waals surface area (Å²) in [5.74, 6) is -0.176. The predicted octanol–water partition coefficient (Wildman–Crippen LogP) is 4.20. The van der Waals surface area contributed by atoms with Gasteiger partial charge in [-0.25, -0.2) is 4.98 Å². The van der Waals surface area contributed by atoms with Crippen LogP contribution < -0.4 is 5.32 Å². The Bertz CT molecular complexity index is 1110. The van der Waals surface area contributed by atoms with Gasteiger partial charge in [0.05, 0.1) is 11.2 Å². The van der Waals surface area contributed by atoms with Gasteiger partial charge in [-0.2, -0.15) is 5.10 Å². The van der Waals surface area contributed by atoms with E-state index in [1.54, 1.807) is 24.0 Å². The van der Waals surface area contributed by atoms with Crippen LogP contribution in [0, 0.1) is 6.92 Å². The molecule has 128 valence electrons. The lowest BCUT2D eigenvalue weighted by Gasteiger charge is -2.11. The van der Waals surface area contributed by atoms with E-state index in [9.17, 15) is 4.79 Å². The molecule has 4 aromatic rings. The maximum absolute atomic E-state index is 12.4. The molecule has 5 nitrogen and oxygen atoms in total. The van der Waals surface area contributed by atoms with E-state index >= 15 is 0 Å². The molecule has 0 fully saturated rings. The number of nitrogens with one attached hydrogen (secondary N) is 1. The van der Waals surface area contributed by atoms with E-state index in [1.807, 2.05) is 49.4 Å². The summed E-state index contributed by atoms with van der Waals surface area (Å²) in [4.78, 5) is 17.1. The van der Waals surface area contributed by atoms with Crippen molar-refractivity contribution < 1.29 is 4.79 Å². The topological polar surface area (TPSA) is 59.8 Å². The van der Waals surface area contributed by atoms with E-state index in [0.717, 1.165) is 33.4 Å². The fraction of sp³-hybridized carbons (Fsp3) is 0.0952. The highest BCUT2D eigenvalue weighted by Crippen LogP contribution is 2.25. The quantitative estimate of drug-likeness (QED) is 0.607. The molecule has 0 aliphatic heterocycles. The number of carbonyl (C=O) groups is 1. The molecule has 26 heavy (non-hydrogen) atoms. The van der Waals surface area contributed by atoms with Crippen LogP contribution in [-0.4, -0.2) is 20.7 Å². The van der Waals surface area contributed by atoms with E-state index in [4.69, 9.17) is 4.98 Å². The lowest BCUT2D eigenvalue weighted by molar-refractivity contribution is 0.101. The Balaban J connectivity index is 1.63. The third kappa shape index (κ3) is 2.95. The van der Waals surface area contributed by atoms with E-state index in [2.05, 4.69) is 22.5 Å². The number of aromatic nitrogens is 3. The maximum atomic E-state index is 12.4. The Morgan fingerprint density at radius 3 is 2.65 bits per heavy atom. The summed E-state index contributed by atoms with van der Waals surface area (Å²) in [7, 11) is 1.75. The number of nitrogens with zero attached hydrogens (tertiary/aromatic N) is 3. The molecule has 4 rings (SSSR count). The number of pyridine rings is 1. The van der Waals surface area contributed by atoms with Crippen LogP contribution >= 0.6 is 0 Å². The number of rotatable bonds is 3. The summed E-state index contributed by atoms with van der Waals surface area (Å²) in [6, 6.07) is 19.8. The molecule has 2 aromatic heterocycles. The van der Waals surface area contributed by atoms with Gasteiger partial charge in [0.15, 0.2) is 0 Å². The first-order chi connectivity index (χ1) is 12.6. The number of amides is 1. The smallest absolute Gasteiger partial charge is 0.273 e. The van der Waals surface area contributed by atoms with Gasteiger partial charge in [-0.05, 0) is 42.8 Å². The fourth-order valence-corrected chi connectivity index (χ4v) is 2.97. The highest BCUT2D eigenvalue weighted by molar-refractivity contribution is 6.03. The van der Waals surface area contributed by atoms with Gasteiger partial charge in [-0.1, -0.05) is 30.3 Å². The van der Waals surface area contributed by atoms with Crippen molar-refractivity contribution in [3.05, 3.63) is 78.1 Å². The van der Waals surface area contributed by atoms with Gasteiger partial charge in [0.25, 0.3) is 5.91 Å². The Morgan fingerprint density at radius 2 is 1.88 bits per heavy atom. The van der Waals surface area contributed by atoms with Gasteiger partial charge in [-0.3, -0.25) is 9.48 Å². The molecule has 0 atom stereocenters. The van der Waals surface area contributed by atoms with E-state index in [1.165, 1.54) is 0 Å². The molecule has 1 N–H and O–H groups in total. The van der Waals surface area contributed by atoms with Gasteiger partial charge in [0.1, 0.15) is 5.69 Å². The Morgan fingerprint density at radius 1 is 1.04 bits per heavy atom. The number of carbonyl (C=O) groups excluding carboxylic acids is 1. The highest BCUT2D eigenvalue weighted by Gasteiger charge is 2.12. The molecule has 0 unspecified atom stereocenters. The molecule has 0 saturated heterocycles. The summed E-state index contributed by atoms with van der Waals surface area (Å²) in [5, 5.41) is 8.09. The average Bonchev–Trinajstić information content (AvgIpc) is 3.09. The molecule has 0 radical (unpaired) electrons. The van der Waals surface area contributed by atoms with Crippen LogP contribution in [0.15, 0.2) is 66.9 Å². The lowest BCUT2D eigenvalue weighted by atomic mass is 10.1. The van der Waals surface area contributed by atoms with Crippen molar-refractivity contribution in [1.29, 1.82) is 0 Å². The monoisotopic (exact) mass is 342 g/mol. The van der Waals surface area contributed by atoms with Gasteiger partial charge >= 0.3 is 0 Å². The van der Waals surface area contributed by atoms with Crippen LogP contribution in [0.4, 0.5) is 5.69 Å². The third-order valence-electron chi connectivity index (χ3n) is 4.42. The lowest BCUT2D eigenvalue weighted by Crippen LogP contribution is -2.16. The first-order valence-electron chi connectivity index (χ1n) is 8.38. The van der Waals surface area contributed by atoms with Crippen molar-refractivity contribution in [2.45, 2.75) is 6.92 Å². The van der Waals surface area contributed by atoms with Crippen LogP contribution in [0.3, 0.4) is 0 Å². The van der Waals surface area contributed by atoms with Gasteiger partial charge in [0.2, 0.25) is 0 Å². The average molecular weight is 342 g/mol. The number of benzene rings is 2. The van der Waals surface area contributed by atoms with E-state index in [-0.39, 0.29) is 5.91 Å². The zero-order valence-corrected chi connectivity index (χ0v) is 14.6. The van der Waals surface area contributed by atoms with Crippen LogP contribution in [0.25, 0.3) is 22.2 Å². The molecule has 0 bridgehead atoms. The minimum absolute atomic E-state index is 0.176. The fourth-order valence-electron chi connectivity index (χ4n) is 2.97. The second kappa shape index (κ2) is 6.44. The minimum Gasteiger partial charge on any atom is -0.320 e. The first kappa shape index (κ1) is 16.0. The summed E-state index contributed by atoms with van der Waals surface area (Å²) in [6.45, 7) is 1.98. The minimum atomic E-state index is -0.176. The van der Waals surface area contributed by atoms with E-state index in [0.29, 0.717) is 5.69 Å². The molecule has 0 spiro atoms. The Labute approximate surface area is 151 Å². The van der Waals surface area contributed by atoms with Gasteiger partial charge < -0.3 is 5.32 Å². The molecular formula is C21H18N4O. The maximum Gasteiger partial charge on any atom is 0.273 e. The Hall–Kier alpha value is -3.47. The van der Waals surface area contributed by atoms with Crippen molar-refractivity contribution in [3.63, 3.8) is 0 Å². The molecule has 0 saturated carbocycles. The zero-order chi connectivity index (χ0) is 18.1. The normalized spacial score (nSPS) is 10.8. The summed E-state index contributed by atoms with van der Waals surface area (Å²) in [5.41, 5.74) is 5.18. The standard InChI is InChI=1S/C21H18N4O/c1-14-13-16(19-10-7-15-5-3-4-6-18(15)23-19)8-9-17(14)24-21(26)20-11-12-22-25(20)2/h3-13H,1-2H3,(H,24,26). The van der Waals surface area contributed by atoms with Crippen molar-refractivity contribution in [1.82, 2.24) is 14.8 Å². The van der Waals surface area contributed by atoms with Gasteiger partial charge in [-0.15, -0.1) is 0 Å². The number of para-hydroxylation sites is 1. The Kier molecular flexibility index (Phi) is 3.97. The van der Waals surface area contributed by atoms with E-state index < -0.39 is 0 Å². The van der Waals surface area contributed by atoms with Crippen molar-refractivity contribution in [2.75, 3.05) is 5.32 Å². The number of hydrogen-bond acceptors (Lipinski definition) is 3. The van der Waals surface area contributed by atoms with Crippen LogP contribution in [0.5, 0.6) is 0 Å². The van der Waals surface area contributed by atoms with Gasteiger partial charge in [0, 0.05) is 29.9 Å². The molecular weight excluding hydrogens is 324 g/mol. The number of hydrogen-bond donors (Lipinski definition) is 1. The predicted molar refractivity (Wildman–Crippen MR) is 103 cm³/mol. The second-order valence-electron chi connectivity index (χ2n) is 6.21. The zero-order valence-electron chi connectivity index (χ0n) is 14.6. The summed E-state index contributed by atoms with van der Waals surface area (Å²) >= 11 is 0. The summed E-state index contributed by atoms with van der Waals surface area (Å²) in [6.07, 6.45) is 1.61. The molecule has 2 aromatic carbocycles. The third-order valence-corrected chi connectivity index (χ3v) is 4.42. The van der Waals surface area contributed by atoms with Crippen LogP contribution in [0.2, 0.25) is 0 Å². The molecule has 5 heteroatoms. The molecule has 0 aliphatic carbocycles. The SMILES string of the molecule is Cc1cc(-c2ccc3ccccc3n2)ccc1NC(=O)c1ccnn1C. The number of aryl methyl sites for hydroxylation is 2.